The first-order chi connectivity index (χ1) is 20.4. The predicted octanol–water partition coefficient (Wildman–Crippen LogP) is 5.83. The van der Waals surface area contributed by atoms with E-state index in [-0.39, 0.29) is 24.2 Å². The monoisotopic (exact) mass is 554 g/mol. The average Bonchev–Trinajstić information content (AvgIpc) is 3.40. The number of rotatable bonds is 9. The fourth-order valence-corrected chi connectivity index (χ4v) is 4.20. The first-order valence-electron chi connectivity index (χ1n) is 13.0. The summed E-state index contributed by atoms with van der Waals surface area (Å²) < 4.78 is 6.92. The summed E-state index contributed by atoms with van der Waals surface area (Å²) in [6, 6.07) is 31.2. The van der Waals surface area contributed by atoms with Crippen LogP contribution in [0.15, 0.2) is 109 Å². The van der Waals surface area contributed by atoms with Gasteiger partial charge in [0.1, 0.15) is 18.2 Å². The molecule has 1 heterocycles. The lowest BCUT2D eigenvalue weighted by Gasteiger charge is -2.07. The molecule has 2 amide bonds. The highest BCUT2D eigenvalue weighted by atomic mass is 16.5. The maximum absolute atomic E-state index is 12.9. The number of benzene rings is 4. The number of nitrogens with one attached hydrogen (secondary N) is 2. The number of aromatic nitrogens is 2. The molecule has 0 saturated carbocycles. The minimum atomic E-state index is -0.336. The first kappa shape index (κ1) is 27.6. The van der Waals surface area contributed by atoms with Crippen LogP contribution in [0.1, 0.15) is 36.6 Å². The third-order valence-corrected chi connectivity index (χ3v) is 6.44. The van der Waals surface area contributed by atoms with E-state index in [1.807, 2.05) is 30.3 Å². The number of amides is 2. The number of carbonyl (C=O) groups is 3. The molecule has 0 fully saturated rings. The van der Waals surface area contributed by atoms with E-state index in [9.17, 15) is 14.4 Å². The summed E-state index contributed by atoms with van der Waals surface area (Å²) in [6.45, 7) is 0.153. The topological polar surface area (TPSA) is 102 Å². The zero-order valence-corrected chi connectivity index (χ0v) is 22.7. The van der Waals surface area contributed by atoms with Crippen LogP contribution in [0.4, 0.5) is 11.5 Å². The van der Waals surface area contributed by atoms with Gasteiger partial charge in [-0.2, -0.15) is 5.10 Å². The van der Waals surface area contributed by atoms with Gasteiger partial charge in [-0.15, -0.1) is 6.42 Å². The number of ketones is 1. The molecular weight excluding hydrogens is 528 g/mol. The summed E-state index contributed by atoms with van der Waals surface area (Å²) in [7, 11) is 1.73. The van der Waals surface area contributed by atoms with Crippen LogP contribution in [0, 0.1) is 12.3 Å². The van der Waals surface area contributed by atoms with Crippen LogP contribution in [-0.2, 0) is 7.05 Å². The van der Waals surface area contributed by atoms with Gasteiger partial charge in [0.25, 0.3) is 11.8 Å². The zero-order chi connectivity index (χ0) is 29.5. The highest BCUT2D eigenvalue weighted by molar-refractivity contribution is 6.10. The third kappa shape index (κ3) is 6.43. The average molecular weight is 555 g/mol. The van der Waals surface area contributed by atoms with Crippen molar-refractivity contribution in [1.82, 2.24) is 9.78 Å². The van der Waals surface area contributed by atoms with Gasteiger partial charge in [-0.1, -0.05) is 48.4 Å². The Morgan fingerprint density at radius 1 is 0.762 bits per heavy atom. The summed E-state index contributed by atoms with van der Waals surface area (Å²) in [6.07, 6.45) is 5.20. The Labute approximate surface area is 243 Å². The lowest BCUT2D eigenvalue weighted by molar-refractivity contribution is 0.101. The molecule has 0 atom stereocenters. The summed E-state index contributed by atoms with van der Waals surface area (Å²) in [5, 5.41) is 10.3. The molecule has 4 aromatic carbocycles. The minimum Gasteiger partial charge on any atom is -0.481 e. The van der Waals surface area contributed by atoms with Crippen LogP contribution in [-0.4, -0.2) is 34.0 Å². The Morgan fingerprint density at radius 3 is 1.98 bits per heavy atom. The summed E-state index contributed by atoms with van der Waals surface area (Å²) in [5.41, 5.74) is 4.05. The van der Waals surface area contributed by atoms with Gasteiger partial charge in [0.05, 0.1) is 5.69 Å². The quantitative estimate of drug-likeness (QED) is 0.176. The van der Waals surface area contributed by atoms with Gasteiger partial charge in [-0.05, 0) is 60.7 Å². The molecule has 0 aliphatic carbocycles. The molecule has 2 N–H and O–H groups in total. The smallest absolute Gasteiger partial charge is 0.256 e. The van der Waals surface area contributed by atoms with E-state index < -0.39 is 0 Å². The molecule has 1 aromatic heterocycles. The van der Waals surface area contributed by atoms with E-state index >= 15 is 0 Å². The SMILES string of the molecule is C#CCOc1ccc(C(=O)c2ccc(C(=O)Nc3cc(-c4ccc(NC(=O)c5ccccc5)cc4)nn3C)cc2)cc1. The van der Waals surface area contributed by atoms with Crippen molar-refractivity contribution in [2.75, 3.05) is 17.2 Å². The molecule has 8 nitrogen and oxygen atoms in total. The zero-order valence-electron chi connectivity index (χ0n) is 22.7. The van der Waals surface area contributed by atoms with E-state index in [4.69, 9.17) is 11.2 Å². The standard InChI is InChI=1S/C34H26N4O4/c1-3-21-42-29-19-15-25(16-20-29)32(39)24-9-11-27(12-10-24)34(41)36-31-22-30(37-38(31)2)23-13-17-28(18-14-23)35-33(40)26-7-5-4-6-8-26/h1,4-20,22H,21H2,2H3,(H,35,40)(H,36,41). The lowest BCUT2D eigenvalue weighted by Crippen LogP contribution is -2.14. The number of ether oxygens (including phenoxy) is 1. The van der Waals surface area contributed by atoms with Crippen LogP contribution >= 0.6 is 0 Å². The number of hydrogen-bond donors (Lipinski definition) is 2. The molecule has 8 heteroatoms. The number of hydrogen-bond acceptors (Lipinski definition) is 5. The van der Waals surface area contributed by atoms with Crippen LogP contribution in [0.5, 0.6) is 5.75 Å². The van der Waals surface area contributed by atoms with E-state index in [1.165, 1.54) is 0 Å². The van der Waals surface area contributed by atoms with Crippen LogP contribution < -0.4 is 15.4 Å². The van der Waals surface area contributed by atoms with Crippen molar-refractivity contribution in [2.24, 2.45) is 7.05 Å². The van der Waals surface area contributed by atoms with Gasteiger partial charge in [-0.25, -0.2) is 0 Å². The largest absolute Gasteiger partial charge is 0.481 e. The van der Waals surface area contributed by atoms with Crippen LogP contribution in [0.2, 0.25) is 0 Å². The Kier molecular flexibility index (Phi) is 8.22. The van der Waals surface area contributed by atoms with Crippen molar-refractivity contribution in [3.63, 3.8) is 0 Å². The van der Waals surface area contributed by atoms with Crippen molar-refractivity contribution < 1.29 is 19.1 Å². The fourth-order valence-electron chi connectivity index (χ4n) is 4.20. The van der Waals surface area contributed by atoms with E-state index in [0.717, 1.165) is 5.56 Å². The van der Waals surface area contributed by atoms with E-state index in [2.05, 4.69) is 21.7 Å². The van der Waals surface area contributed by atoms with E-state index in [1.54, 1.807) is 90.6 Å². The summed E-state index contributed by atoms with van der Waals surface area (Å²) >= 11 is 0. The van der Waals surface area contributed by atoms with Gasteiger partial charge in [0, 0.05) is 46.6 Å². The number of nitrogens with zero attached hydrogens (tertiary/aromatic N) is 2. The van der Waals surface area contributed by atoms with Crippen LogP contribution in [0.3, 0.4) is 0 Å². The first-order valence-corrected chi connectivity index (χ1v) is 13.0. The maximum Gasteiger partial charge on any atom is 0.256 e. The Hall–Kier alpha value is -5.94. The maximum atomic E-state index is 12.9. The van der Waals surface area contributed by atoms with Gasteiger partial charge in [0.15, 0.2) is 5.78 Å². The number of anilines is 2. The third-order valence-electron chi connectivity index (χ3n) is 6.44. The second kappa shape index (κ2) is 12.5. The lowest BCUT2D eigenvalue weighted by atomic mass is 10.0. The van der Waals surface area contributed by atoms with Crippen molar-refractivity contribution in [2.45, 2.75) is 0 Å². The molecule has 0 bridgehead atoms. The second-order valence-corrected chi connectivity index (χ2v) is 9.31. The molecule has 0 unspecified atom stereocenters. The molecule has 0 saturated heterocycles. The number of terminal acetylenes is 1. The highest BCUT2D eigenvalue weighted by Gasteiger charge is 2.14. The molecule has 0 aliphatic heterocycles. The van der Waals surface area contributed by atoms with Gasteiger partial charge in [-0.3, -0.25) is 19.1 Å². The number of aryl methyl sites for hydroxylation is 1. The van der Waals surface area contributed by atoms with Crippen molar-refractivity contribution in [1.29, 1.82) is 0 Å². The van der Waals surface area contributed by atoms with Gasteiger partial charge < -0.3 is 15.4 Å². The summed E-state index contributed by atoms with van der Waals surface area (Å²) in [5.74, 6) is 2.78. The molecular formula is C34H26N4O4. The Bertz CT molecular complexity index is 1770. The van der Waals surface area contributed by atoms with E-state index in [0.29, 0.717) is 45.2 Å². The number of carbonyl (C=O) groups excluding carboxylic acids is 3. The molecule has 5 aromatic rings. The van der Waals surface area contributed by atoms with Crippen molar-refractivity contribution in [3.8, 4) is 29.4 Å². The Morgan fingerprint density at radius 2 is 1.33 bits per heavy atom. The predicted molar refractivity (Wildman–Crippen MR) is 162 cm³/mol. The Balaban J connectivity index is 1.21. The molecule has 5 rings (SSSR count). The normalized spacial score (nSPS) is 10.4. The van der Waals surface area contributed by atoms with Gasteiger partial charge in [0.2, 0.25) is 0 Å². The molecule has 206 valence electrons. The highest BCUT2D eigenvalue weighted by Crippen LogP contribution is 2.24. The molecule has 0 radical (unpaired) electrons. The van der Waals surface area contributed by atoms with Gasteiger partial charge >= 0.3 is 0 Å². The molecule has 0 aliphatic rings. The molecule has 0 spiro atoms. The second-order valence-electron chi connectivity index (χ2n) is 9.31. The van der Waals surface area contributed by atoms with Crippen molar-refractivity contribution in [3.05, 3.63) is 131 Å². The van der Waals surface area contributed by atoms with Crippen LogP contribution in [0.25, 0.3) is 11.3 Å². The minimum absolute atomic E-state index is 0.153. The van der Waals surface area contributed by atoms with Crippen molar-refractivity contribution >= 4 is 29.1 Å². The fraction of sp³-hybridized carbons (Fsp3) is 0.0588. The molecule has 42 heavy (non-hydrogen) atoms. The summed E-state index contributed by atoms with van der Waals surface area (Å²) in [4.78, 5) is 38.2.